The van der Waals surface area contributed by atoms with E-state index in [1.54, 1.807) is 12.3 Å². The SMILES string of the molecule is CCOc1ccc(NC(C)c2ccc(Cl)c(Cl)c2Cl)cn1. The maximum absolute atomic E-state index is 6.23. The Labute approximate surface area is 139 Å². The molecule has 1 atom stereocenters. The van der Waals surface area contributed by atoms with E-state index in [0.29, 0.717) is 27.6 Å². The number of pyridine rings is 1. The first-order chi connectivity index (χ1) is 10.0. The summed E-state index contributed by atoms with van der Waals surface area (Å²) in [5.74, 6) is 0.600. The number of nitrogens with one attached hydrogen (secondary N) is 1. The van der Waals surface area contributed by atoms with Crippen LogP contribution in [-0.4, -0.2) is 11.6 Å². The summed E-state index contributed by atoms with van der Waals surface area (Å²) in [7, 11) is 0. The quantitative estimate of drug-likeness (QED) is 0.715. The monoisotopic (exact) mass is 344 g/mol. The number of halogens is 3. The molecule has 3 nitrogen and oxygen atoms in total. The van der Waals surface area contributed by atoms with Gasteiger partial charge in [0.25, 0.3) is 0 Å². The highest BCUT2D eigenvalue weighted by molar-refractivity contribution is 6.48. The van der Waals surface area contributed by atoms with E-state index in [2.05, 4.69) is 10.3 Å². The number of nitrogens with zero attached hydrogens (tertiary/aromatic N) is 1. The van der Waals surface area contributed by atoms with Crippen molar-refractivity contribution in [3.63, 3.8) is 0 Å². The minimum Gasteiger partial charge on any atom is -0.478 e. The normalized spacial score (nSPS) is 12.0. The van der Waals surface area contributed by atoms with Gasteiger partial charge < -0.3 is 10.1 Å². The summed E-state index contributed by atoms with van der Waals surface area (Å²) in [6.07, 6.45) is 1.72. The molecular formula is C15H15Cl3N2O. The fourth-order valence-corrected chi connectivity index (χ4v) is 2.61. The first kappa shape index (κ1) is 16.2. The van der Waals surface area contributed by atoms with Gasteiger partial charge in [0, 0.05) is 6.07 Å². The molecule has 0 aliphatic rings. The smallest absolute Gasteiger partial charge is 0.213 e. The molecule has 0 fully saturated rings. The lowest BCUT2D eigenvalue weighted by Crippen LogP contribution is -2.08. The van der Waals surface area contributed by atoms with Crippen molar-refractivity contribution in [2.45, 2.75) is 19.9 Å². The summed E-state index contributed by atoms with van der Waals surface area (Å²) >= 11 is 18.2. The summed E-state index contributed by atoms with van der Waals surface area (Å²) in [6.45, 7) is 4.50. The lowest BCUT2D eigenvalue weighted by atomic mass is 10.1. The minimum absolute atomic E-state index is 0.0352. The molecule has 0 saturated heterocycles. The van der Waals surface area contributed by atoms with Gasteiger partial charge in [0.15, 0.2) is 0 Å². The largest absolute Gasteiger partial charge is 0.478 e. The molecule has 21 heavy (non-hydrogen) atoms. The lowest BCUT2D eigenvalue weighted by Gasteiger charge is -2.18. The topological polar surface area (TPSA) is 34.1 Å². The molecule has 2 aromatic rings. The second kappa shape index (κ2) is 7.21. The van der Waals surface area contributed by atoms with E-state index in [4.69, 9.17) is 39.5 Å². The average molecular weight is 346 g/mol. The maximum atomic E-state index is 6.23. The molecular weight excluding hydrogens is 331 g/mol. The number of rotatable bonds is 5. The van der Waals surface area contributed by atoms with Crippen LogP contribution in [0.15, 0.2) is 30.5 Å². The average Bonchev–Trinajstić information content (AvgIpc) is 2.47. The van der Waals surface area contributed by atoms with Gasteiger partial charge in [0.1, 0.15) is 0 Å². The van der Waals surface area contributed by atoms with Crippen molar-refractivity contribution in [1.29, 1.82) is 0 Å². The van der Waals surface area contributed by atoms with Crippen molar-refractivity contribution in [3.8, 4) is 5.88 Å². The molecule has 1 aromatic heterocycles. The Kier molecular flexibility index (Phi) is 5.57. The van der Waals surface area contributed by atoms with Crippen LogP contribution in [0.3, 0.4) is 0 Å². The Morgan fingerprint density at radius 2 is 1.90 bits per heavy atom. The third-order valence-corrected chi connectivity index (χ3v) is 4.25. The third-order valence-electron chi connectivity index (χ3n) is 2.94. The van der Waals surface area contributed by atoms with Crippen molar-refractivity contribution in [3.05, 3.63) is 51.1 Å². The Morgan fingerprint density at radius 1 is 1.14 bits per heavy atom. The van der Waals surface area contributed by atoms with Gasteiger partial charge in [-0.25, -0.2) is 4.98 Å². The van der Waals surface area contributed by atoms with Gasteiger partial charge in [-0.05, 0) is 31.5 Å². The molecule has 0 bridgehead atoms. The molecule has 0 aliphatic carbocycles. The first-order valence-corrected chi connectivity index (χ1v) is 7.65. The van der Waals surface area contributed by atoms with E-state index in [1.165, 1.54) is 0 Å². The zero-order valence-electron chi connectivity index (χ0n) is 11.7. The van der Waals surface area contributed by atoms with Gasteiger partial charge >= 0.3 is 0 Å². The second-order valence-corrected chi connectivity index (χ2v) is 5.61. The fourth-order valence-electron chi connectivity index (χ4n) is 1.90. The minimum atomic E-state index is -0.0352. The van der Waals surface area contributed by atoms with Gasteiger partial charge in [0.05, 0.1) is 39.6 Å². The van der Waals surface area contributed by atoms with Gasteiger partial charge in [-0.1, -0.05) is 40.9 Å². The summed E-state index contributed by atoms with van der Waals surface area (Å²) in [5, 5.41) is 4.59. The van der Waals surface area contributed by atoms with Crippen LogP contribution >= 0.6 is 34.8 Å². The van der Waals surface area contributed by atoms with Crippen LogP contribution in [-0.2, 0) is 0 Å². The molecule has 6 heteroatoms. The summed E-state index contributed by atoms with van der Waals surface area (Å²) < 4.78 is 5.31. The van der Waals surface area contributed by atoms with E-state index in [-0.39, 0.29) is 6.04 Å². The van der Waals surface area contributed by atoms with Crippen molar-refractivity contribution in [1.82, 2.24) is 4.98 Å². The van der Waals surface area contributed by atoms with E-state index >= 15 is 0 Å². The first-order valence-electron chi connectivity index (χ1n) is 6.51. The Balaban J connectivity index is 2.14. The number of hydrogen-bond acceptors (Lipinski definition) is 3. The van der Waals surface area contributed by atoms with Crippen molar-refractivity contribution in [2.24, 2.45) is 0 Å². The van der Waals surface area contributed by atoms with Crippen LogP contribution in [0, 0.1) is 0 Å². The molecule has 112 valence electrons. The molecule has 0 spiro atoms. The predicted molar refractivity (Wildman–Crippen MR) is 88.9 cm³/mol. The van der Waals surface area contributed by atoms with Crippen LogP contribution in [0.5, 0.6) is 5.88 Å². The second-order valence-electron chi connectivity index (χ2n) is 4.45. The highest BCUT2D eigenvalue weighted by atomic mass is 35.5. The highest BCUT2D eigenvalue weighted by Gasteiger charge is 2.14. The molecule has 1 aromatic carbocycles. The van der Waals surface area contributed by atoms with Crippen molar-refractivity contribution in [2.75, 3.05) is 11.9 Å². The van der Waals surface area contributed by atoms with E-state index in [0.717, 1.165) is 11.3 Å². The number of anilines is 1. The van der Waals surface area contributed by atoms with Crippen LogP contribution in [0.4, 0.5) is 5.69 Å². The molecule has 0 radical (unpaired) electrons. The van der Waals surface area contributed by atoms with E-state index in [9.17, 15) is 0 Å². The Hall–Kier alpha value is -1.16. The number of ether oxygens (including phenoxy) is 1. The Bertz CT molecular complexity index is 617. The lowest BCUT2D eigenvalue weighted by molar-refractivity contribution is 0.327. The predicted octanol–water partition coefficient (Wildman–Crippen LogP) is 5.61. The molecule has 1 unspecified atom stereocenters. The molecule has 1 N–H and O–H groups in total. The van der Waals surface area contributed by atoms with Crippen LogP contribution in [0.2, 0.25) is 15.1 Å². The van der Waals surface area contributed by atoms with Gasteiger partial charge in [0.2, 0.25) is 5.88 Å². The van der Waals surface area contributed by atoms with Crippen LogP contribution in [0.25, 0.3) is 0 Å². The van der Waals surface area contributed by atoms with Crippen molar-refractivity contribution >= 4 is 40.5 Å². The fraction of sp³-hybridized carbons (Fsp3) is 0.267. The highest BCUT2D eigenvalue weighted by Crippen LogP contribution is 2.36. The van der Waals surface area contributed by atoms with E-state index in [1.807, 2.05) is 32.0 Å². The van der Waals surface area contributed by atoms with Gasteiger partial charge in [-0.3, -0.25) is 0 Å². The molecule has 0 aliphatic heterocycles. The molecule has 1 heterocycles. The van der Waals surface area contributed by atoms with Crippen molar-refractivity contribution < 1.29 is 4.74 Å². The Morgan fingerprint density at radius 3 is 2.52 bits per heavy atom. The summed E-state index contributed by atoms with van der Waals surface area (Å²) in [6, 6.07) is 7.28. The van der Waals surface area contributed by atoms with Gasteiger partial charge in [-0.15, -0.1) is 0 Å². The molecule has 2 rings (SSSR count). The zero-order valence-corrected chi connectivity index (χ0v) is 13.9. The molecule has 0 amide bonds. The third kappa shape index (κ3) is 3.94. The van der Waals surface area contributed by atoms with Crippen LogP contribution in [0.1, 0.15) is 25.5 Å². The van der Waals surface area contributed by atoms with E-state index < -0.39 is 0 Å². The number of hydrogen-bond donors (Lipinski definition) is 1. The standard InChI is InChI=1S/C15H15Cl3N2O/c1-3-21-13-7-4-10(8-19-13)20-9(2)11-5-6-12(16)15(18)14(11)17/h4-9,20H,3H2,1-2H3. The maximum Gasteiger partial charge on any atom is 0.213 e. The van der Waals surface area contributed by atoms with Crippen LogP contribution < -0.4 is 10.1 Å². The number of aromatic nitrogens is 1. The van der Waals surface area contributed by atoms with Gasteiger partial charge in [-0.2, -0.15) is 0 Å². The number of benzene rings is 1. The zero-order chi connectivity index (χ0) is 15.4. The summed E-state index contributed by atoms with van der Waals surface area (Å²) in [5.41, 5.74) is 1.74. The molecule has 0 saturated carbocycles. The summed E-state index contributed by atoms with van der Waals surface area (Å²) in [4.78, 5) is 4.20.